The van der Waals surface area contributed by atoms with Gasteiger partial charge in [0.25, 0.3) is 0 Å². The number of nitrogens with zero attached hydrogens (tertiary/aromatic N) is 1. The lowest BCUT2D eigenvalue weighted by molar-refractivity contribution is -0.146. The molecule has 1 atom stereocenters. The first kappa shape index (κ1) is 28.6. The number of esters is 1. The first-order valence-electron chi connectivity index (χ1n) is 14.2. The second-order valence-corrected chi connectivity index (χ2v) is 10.8. The van der Waals surface area contributed by atoms with Gasteiger partial charge >= 0.3 is 5.97 Å². The fourth-order valence-corrected chi connectivity index (χ4v) is 4.91. The van der Waals surface area contributed by atoms with Crippen LogP contribution in [0.3, 0.4) is 0 Å². The first-order valence-corrected chi connectivity index (χ1v) is 14.2. The summed E-state index contributed by atoms with van der Waals surface area (Å²) in [6.07, 6.45) is 13.0. The third-order valence-corrected chi connectivity index (χ3v) is 7.64. The summed E-state index contributed by atoms with van der Waals surface area (Å²) < 4.78 is 5.29. The number of carbonyl (C=O) groups is 1. The summed E-state index contributed by atoms with van der Waals surface area (Å²) in [4.78, 5) is 18.0. The van der Waals surface area contributed by atoms with Crippen molar-refractivity contribution in [2.75, 3.05) is 19.8 Å². The highest BCUT2D eigenvalue weighted by Gasteiger charge is 2.52. The van der Waals surface area contributed by atoms with Gasteiger partial charge in [-0.1, -0.05) is 84.1 Å². The molecule has 1 fully saturated rings. The van der Waals surface area contributed by atoms with Gasteiger partial charge < -0.3 is 14.9 Å². The molecule has 1 unspecified atom stereocenters. The second kappa shape index (κ2) is 13.6. The van der Waals surface area contributed by atoms with Gasteiger partial charge in [0.2, 0.25) is 0 Å². The predicted molar refractivity (Wildman–Crippen MR) is 161 cm³/mol. The second-order valence-electron chi connectivity index (χ2n) is 10.8. The lowest BCUT2D eigenvalue weighted by Crippen LogP contribution is -2.30. The summed E-state index contributed by atoms with van der Waals surface area (Å²) in [6.45, 7) is 11.7. The third-order valence-electron chi connectivity index (χ3n) is 7.64. The zero-order valence-electron chi connectivity index (χ0n) is 23.7. The Morgan fingerprint density at radius 1 is 1.10 bits per heavy atom. The van der Waals surface area contributed by atoms with E-state index in [1.54, 1.807) is 5.57 Å². The van der Waals surface area contributed by atoms with Gasteiger partial charge in [0, 0.05) is 12.6 Å². The van der Waals surface area contributed by atoms with E-state index in [4.69, 9.17) is 9.57 Å². The molecule has 0 saturated heterocycles. The number of benzene rings is 2. The third kappa shape index (κ3) is 7.79. The van der Waals surface area contributed by atoms with Crippen LogP contribution in [0, 0.1) is 0 Å². The fraction of sp³-hybridized carbons (Fsp3) is 0.412. The maximum Gasteiger partial charge on any atom is 0.316 e. The van der Waals surface area contributed by atoms with Crippen LogP contribution in [0.2, 0.25) is 0 Å². The van der Waals surface area contributed by atoms with E-state index in [-0.39, 0.29) is 5.97 Å². The molecular weight excluding hydrogens is 484 g/mol. The molecule has 2 aliphatic rings. The average Bonchev–Trinajstić information content (AvgIpc) is 3.78. The van der Waals surface area contributed by atoms with E-state index in [1.165, 1.54) is 12.8 Å². The van der Waals surface area contributed by atoms with Gasteiger partial charge in [-0.25, -0.2) is 0 Å². The monoisotopic (exact) mass is 526 g/mol. The smallest absolute Gasteiger partial charge is 0.316 e. The molecule has 0 aromatic heterocycles. The number of hydrogen-bond donors (Lipinski definition) is 1. The molecule has 0 heterocycles. The molecule has 206 valence electrons. The quantitative estimate of drug-likeness (QED) is 0.158. The Labute approximate surface area is 233 Å². The summed E-state index contributed by atoms with van der Waals surface area (Å²) >= 11 is 0. The fourth-order valence-electron chi connectivity index (χ4n) is 4.91. The number of allylic oxidation sites excluding steroid dienone is 4. The van der Waals surface area contributed by atoms with Gasteiger partial charge in [0.15, 0.2) is 0 Å². The Morgan fingerprint density at radius 2 is 1.79 bits per heavy atom. The van der Waals surface area contributed by atoms with Gasteiger partial charge in [0.05, 0.1) is 17.7 Å². The van der Waals surface area contributed by atoms with Crippen LogP contribution >= 0.6 is 0 Å². The maximum absolute atomic E-state index is 12.4. The van der Waals surface area contributed by atoms with Crippen molar-refractivity contribution in [1.29, 1.82) is 0 Å². The van der Waals surface area contributed by atoms with Crippen LogP contribution in [-0.2, 0) is 19.8 Å². The van der Waals surface area contributed by atoms with Gasteiger partial charge in [-0.05, 0) is 87.1 Å². The molecule has 2 aliphatic carbocycles. The summed E-state index contributed by atoms with van der Waals surface area (Å²) in [5.41, 5.74) is 7.21. The Bertz CT molecular complexity index is 1220. The van der Waals surface area contributed by atoms with Gasteiger partial charge in [-0.15, -0.1) is 0 Å². The van der Waals surface area contributed by atoms with E-state index in [9.17, 15) is 4.79 Å². The number of oxime groups is 1. The maximum atomic E-state index is 12.4. The Balaban J connectivity index is 1.21. The summed E-state index contributed by atoms with van der Waals surface area (Å²) in [5.74, 6) is -0.103. The van der Waals surface area contributed by atoms with Crippen molar-refractivity contribution in [2.24, 2.45) is 5.16 Å². The van der Waals surface area contributed by atoms with E-state index in [1.807, 2.05) is 13.8 Å². The van der Waals surface area contributed by atoms with Crippen molar-refractivity contribution in [3.05, 3.63) is 90.0 Å². The lowest BCUT2D eigenvalue weighted by Gasteiger charge is -2.15. The molecule has 5 heteroatoms. The van der Waals surface area contributed by atoms with Crippen molar-refractivity contribution in [1.82, 2.24) is 5.32 Å². The van der Waals surface area contributed by atoms with Gasteiger partial charge in [-0.3, -0.25) is 4.79 Å². The molecule has 39 heavy (non-hydrogen) atoms. The van der Waals surface area contributed by atoms with Crippen LogP contribution in [0.1, 0.15) is 70.4 Å². The van der Waals surface area contributed by atoms with Crippen molar-refractivity contribution >= 4 is 17.3 Å². The number of ether oxygens (including phenoxy) is 1. The van der Waals surface area contributed by atoms with Crippen molar-refractivity contribution in [3.63, 3.8) is 0 Å². The molecule has 0 aliphatic heterocycles. The number of carbonyl (C=O) groups excluding carboxylic acids is 1. The van der Waals surface area contributed by atoms with Crippen molar-refractivity contribution in [2.45, 2.75) is 70.8 Å². The Morgan fingerprint density at radius 3 is 2.41 bits per heavy atom. The molecule has 0 radical (unpaired) electrons. The molecule has 2 aromatic rings. The highest BCUT2D eigenvalue weighted by molar-refractivity contribution is 5.87. The van der Waals surface area contributed by atoms with Gasteiger partial charge in [-0.2, -0.15) is 0 Å². The van der Waals surface area contributed by atoms with Crippen LogP contribution in [0.4, 0.5) is 0 Å². The highest BCUT2D eigenvalue weighted by atomic mass is 16.6. The molecule has 0 spiro atoms. The largest absolute Gasteiger partial charge is 0.465 e. The van der Waals surface area contributed by atoms with Crippen LogP contribution in [0.5, 0.6) is 0 Å². The average molecular weight is 527 g/mol. The normalized spacial score (nSPS) is 16.8. The predicted octanol–water partition coefficient (Wildman–Crippen LogP) is 7.39. The van der Waals surface area contributed by atoms with Gasteiger partial charge in [0.1, 0.15) is 6.61 Å². The minimum absolute atomic E-state index is 0.103. The molecule has 4 rings (SSSR count). The zero-order valence-corrected chi connectivity index (χ0v) is 23.7. The SMILES string of the molecule is C=C(CO/N=C(/C)CNC(C)CCC1=CC=CCC1)c1ccc(-c2ccc(C3(C(=O)OCC)CC3)cc2)cc1. The molecule has 1 N–H and O–H groups in total. The summed E-state index contributed by atoms with van der Waals surface area (Å²) in [6, 6.07) is 17.0. The highest BCUT2D eigenvalue weighted by Crippen LogP contribution is 2.49. The molecule has 5 nitrogen and oxygen atoms in total. The number of hydrogen-bond acceptors (Lipinski definition) is 5. The standard InChI is InChI=1S/C34H42N2O3/c1-5-38-33(37)34(21-22-34)32-19-17-31(18-20-32)30-15-13-29(14-16-30)25(2)24-39-36-27(4)23-35-26(3)11-12-28-9-7-6-8-10-28/h6-7,9,13-20,26,35H,2,5,8,10-12,21-24H2,1,3-4H3/b36-27-. The summed E-state index contributed by atoms with van der Waals surface area (Å²) in [7, 11) is 0. The number of nitrogens with one attached hydrogen (secondary N) is 1. The first-order chi connectivity index (χ1) is 18.9. The molecule has 1 saturated carbocycles. The van der Waals surface area contributed by atoms with Crippen molar-refractivity contribution < 1.29 is 14.4 Å². The van der Waals surface area contributed by atoms with E-state index in [2.05, 4.69) is 90.7 Å². The number of rotatable bonds is 14. The molecule has 2 aromatic carbocycles. The van der Waals surface area contributed by atoms with Crippen molar-refractivity contribution in [3.8, 4) is 11.1 Å². The Hall–Kier alpha value is -3.44. The van der Waals surface area contributed by atoms with E-state index < -0.39 is 5.41 Å². The van der Waals surface area contributed by atoms with Crippen LogP contribution in [0.15, 0.2) is 84.1 Å². The zero-order chi connectivity index (χ0) is 27.7. The minimum atomic E-state index is -0.435. The van der Waals surface area contributed by atoms with Crippen LogP contribution in [-0.4, -0.2) is 37.5 Å². The molecule has 0 bridgehead atoms. The van der Waals surface area contributed by atoms with Crippen LogP contribution in [0.25, 0.3) is 16.7 Å². The minimum Gasteiger partial charge on any atom is -0.465 e. The topological polar surface area (TPSA) is 59.9 Å². The van der Waals surface area contributed by atoms with E-state index in [0.717, 1.165) is 59.2 Å². The summed E-state index contributed by atoms with van der Waals surface area (Å²) in [5, 5.41) is 7.81. The van der Waals surface area contributed by atoms with E-state index in [0.29, 0.717) is 25.8 Å². The van der Waals surface area contributed by atoms with Crippen LogP contribution < -0.4 is 5.32 Å². The molecular formula is C34H42N2O3. The lowest BCUT2D eigenvalue weighted by atomic mass is 9.93. The van der Waals surface area contributed by atoms with E-state index >= 15 is 0 Å². The molecule has 0 amide bonds. The Kier molecular flexibility index (Phi) is 9.94.